The fourth-order valence-electron chi connectivity index (χ4n) is 1.88. The molecule has 0 saturated heterocycles. The summed E-state index contributed by atoms with van der Waals surface area (Å²) >= 11 is 5.79. The lowest BCUT2D eigenvalue weighted by molar-refractivity contribution is -0.122. The molecular formula is C17H18ClNO3. The van der Waals surface area contributed by atoms with Gasteiger partial charge in [-0.2, -0.15) is 0 Å². The molecule has 2 N–H and O–H groups in total. The van der Waals surface area contributed by atoms with E-state index in [1.54, 1.807) is 24.3 Å². The first-order chi connectivity index (χ1) is 10.6. The summed E-state index contributed by atoms with van der Waals surface area (Å²) in [6, 6.07) is 16.2. The van der Waals surface area contributed by atoms with Crippen molar-refractivity contribution in [1.29, 1.82) is 0 Å². The molecule has 0 aliphatic carbocycles. The zero-order valence-electron chi connectivity index (χ0n) is 12.0. The highest BCUT2D eigenvalue weighted by Crippen LogP contribution is 2.15. The molecule has 4 nitrogen and oxygen atoms in total. The van der Waals surface area contributed by atoms with Crippen LogP contribution in [0.4, 0.5) is 0 Å². The van der Waals surface area contributed by atoms with Crippen molar-refractivity contribution in [2.75, 3.05) is 13.2 Å². The smallest absolute Gasteiger partial charge is 0.223 e. The average molecular weight is 320 g/mol. The summed E-state index contributed by atoms with van der Waals surface area (Å²) in [5, 5.41) is 13.3. The standard InChI is InChI=1S/C17H18ClNO3/c18-14-8-6-13(7-9-14)16(20)12-19-17(21)10-11-22-15-4-2-1-3-5-15/h1-9,16,20H,10-12H2,(H,19,21). The maximum atomic E-state index is 11.7. The van der Waals surface area contributed by atoms with Gasteiger partial charge in [0.15, 0.2) is 0 Å². The molecule has 0 saturated carbocycles. The molecule has 0 aromatic heterocycles. The number of hydrogen-bond acceptors (Lipinski definition) is 3. The monoisotopic (exact) mass is 319 g/mol. The molecule has 22 heavy (non-hydrogen) atoms. The van der Waals surface area contributed by atoms with Crippen LogP contribution < -0.4 is 10.1 Å². The van der Waals surface area contributed by atoms with Gasteiger partial charge < -0.3 is 15.2 Å². The Labute approximate surface area is 134 Å². The minimum Gasteiger partial charge on any atom is -0.493 e. The molecule has 0 bridgehead atoms. The second-order valence-electron chi connectivity index (χ2n) is 4.78. The van der Waals surface area contributed by atoms with Gasteiger partial charge >= 0.3 is 0 Å². The summed E-state index contributed by atoms with van der Waals surface area (Å²) in [4.78, 5) is 11.7. The van der Waals surface area contributed by atoms with Crippen LogP contribution in [0.1, 0.15) is 18.1 Å². The van der Waals surface area contributed by atoms with Crippen LogP contribution in [0.2, 0.25) is 5.02 Å². The summed E-state index contributed by atoms with van der Waals surface area (Å²) in [6.07, 6.45) is -0.515. The van der Waals surface area contributed by atoms with Crippen LogP contribution in [0, 0.1) is 0 Å². The highest BCUT2D eigenvalue weighted by molar-refractivity contribution is 6.30. The highest BCUT2D eigenvalue weighted by atomic mass is 35.5. The van der Waals surface area contributed by atoms with Crippen molar-refractivity contribution >= 4 is 17.5 Å². The summed E-state index contributed by atoms with van der Waals surface area (Å²) < 4.78 is 5.44. The van der Waals surface area contributed by atoms with Gasteiger partial charge in [0, 0.05) is 11.6 Å². The van der Waals surface area contributed by atoms with E-state index < -0.39 is 6.10 Å². The fraction of sp³-hybridized carbons (Fsp3) is 0.235. The Hall–Kier alpha value is -2.04. The third kappa shape index (κ3) is 5.39. The second-order valence-corrected chi connectivity index (χ2v) is 5.22. The number of amides is 1. The van der Waals surface area contributed by atoms with E-state index in [-0.39, 0.29) is 18.9 Å². The first-order valence-electron chi connectivity index (χ1n) is 7.03. The van der Waals surface area contributed by atoms with Crippen molar-refractivity contribution < 1.29 is 14.6 Å². The van der Waals surface area contributed by atoms with Crippen LogP contribution in [0.15, 0.2) is 54.6 Å². The summed E-state index contributed by atoms with van der Waals surface area (Å²) in [5.41, 5.74) is 0.713. The van der Waals surface area contributed by atoms with Gasteiger partial charge in [0.2, 0.25) is 5.91 Å². The molecule has 0 heterocycles. The van der Waals surface area contributed by atoms with E-state index in [1.165, 1.54) is 0 Å². The molecule has 0 fully saturated rings. The molecule has 2 rings (SSSR count). The van der Waals surface area contributed by atoms with Gasteiger partial charge in [0.25, 0.3) is 0 Å². The fourth-order valence-corrected chi connectivity index (χ4v) is 2.01. The predicted octanol–water partition coefficient (Wildman–Crippen LogP) is 2.96. The lowest BCUT2D eigenvalue weighted by atomic mass is 10.1. The number of carbonyl (C=O) groups is 1. The van der Waals surface area contributed by atoms with Gasteiger partial charge in [-0.3, -0.25) is 4.79 Å². The van der Waals surface area contributed by atoms with Gasteiger partial charge in [0.05, 0.1) is 19.1 Å². The zero-order valence-corrected chi connectivity index (χ0v) is 12.8. The number of rotatable bonds is 7. The van der Waals surface area contributed by atoms with E-state index in [0.29, 0.717) is 17.2 Å². The number of para-hydroxylation sites is 1. The Morgan fingerprint density at radius 1 is 1.14 bits per heavy atom. The summed E-state index contributed by atoms with van der Waals surface area (Å²) in [7, 11) is 0. The van der Waals surface area contributed by atoms with Crippen molar-refractivity contribution in [1.82, 2.24) is 5.32 Å². The van der Waals surface area contributed by atoms with Crippen LogP contribution in [-0.4, -0.2) is 24.2 Å². The van der Waals surface area contributed by atoms with Crippen LogP contribution in [-0.2, 0) is 4.79 Å². The Balaban J connectivity index is 1.68. The third-order valence-electron chi connectivity index (χ3n) is 3.09. The van der Waals surface area contributed by atoms with Crippen molar-refractivity contribution in [3.05, 3.63) is 65.2 Å². The molecule has 2 aromatic rings. The molecule has 5 heteroatoms. The molecule has 116 valence electrons. The molecular weight excluding hydrogens is 302 g/mol. The largest absolute Gasteiger partial charge is 0.493 e. The average Bonchev–Trinajstić information content (AvgIpc) is 2.54. The maximum Gasteiger partial charge on any atom is 0.223 e. The first-order valence-corrected chi connectivity index (χ1v) is 7.41. The van der Waals surface area contributed by atoms with Crippen molar-refractivity contribution in [2.24, 2.45) is 0 Å². The van der Waals surface area contributed by atoms with Crippen molar-refractivity contribution in [2.45, 2.75) is 12.5 Å². The Bertz CT molecular complexity index is 587. The third-order valence-corrected chi connectivity index (χ3v) is 3.34. The van der Waals surface area contributed by atoms with Crippen LogP contribution in [0.3, 0.4) is 0 Å². The zero-order chi connectivity index (χ0) is 15.8. The number of aliphatic hydroxyl groups is 1. The lowest BCUT2D eigenvalue weighted by Gasteiger charge is -2.12. The van der Waals surface area contributed by atoms with Gasteiger partial charge in [-0.15, -0.1) is 0 Å². The SMILES string of the molecule is O=C(CCOc1ccccc1)NCC(O)c1ccc(Cl)cc1. The first kappa shape index (κ1) is 16.3. The molecule has 0 aliphatic heterocycles. The van der Waals surface area contributed by atoms with Crippen molar-refractivity contribution in [3.63, 3.8) is 0 Å². The minimum atomic E-state index is -0.753. The van der Waals surface area contributed by atoms with Gasteiger partial charge in [-0.1, -0.05) is 41.9 Å². The predicted molar refractivity (Wildman–Crippen MR) is 86.0 cm³/mol. The Morgan fingerprint density at radius 2 is 1.82 bits per heavy atom. The van der Waals surface area contributed by atoms with E-state index in [2.05, 4.69) is 5.32 Å². The number of benzene rings is 2. The molecule has 1 unspecified atom stereocenters. The van der Waals surface area contributed by atoms with Crippen LogP contribution >= 0.6 is 11.6 Å². The van der Waals surface area contributed by atoms with E-state index in [0.717, 1.165) is 5.75 Å². The molecule has 1 atom stereocenters. The quantitative estimate of drug-likeness (QED) is 0.825. The number of hydrogen-bond donors (Lipinski definition) is 2. The Morgan fingerprint density at radius 3 is 2.50 bits per heavy atom. The van der Waals surface area contributed by atoms with Gasteiger partial charge in [-0.05, 0) is 29.8 Å². The van der Waals surface area contributed by atoms with E-state index in [9.17, 15) is 9.90 Å². The molecule has 0 aliphatic rings. The molecule has 0 spiro atoms. The van der Waals surface area contributed by atoms with E-state index in [1.807, 2.05) is 30.3 Å². The Kier molecular flexibility index (Phi) is 6.25. The van der Waals surface area contributed by atoms with E-state index in [4.69, 9.17) is 16.3 Å². The molecule has 1 amide bonds. The summed E-state index contributed by atoms with van der Waals surface area (Å²) in [6.45, 7) is 0.457. The normalized spacial score (nSPS) is 11.7. The van der Waals surface area contributed by atoms with Crippen molar-refractivity contribution in [3.8, 4) is 5.75 Å². The molecule has 2 aromatic carbocycles. The summed E-state index contributed by atoms with van der Waals surface area (Å²) in [5.74, 6) is 0.570. The minimum absolute atomic E-state index is 0.159. The number of carbonyl (C=O) groups excluding carboxylic acids is 1. The number of ether oxygens (including phenoxy) is 1. The van der Waals surface area contributed by atoms with Gasteiger partial charge in [0.1, 0.15) is 5.75 Å². The van der Waals surface area contributed by atoms with E-state index >= 15 is 0 Å². The topological polar surface area (TPSA) is 58.6 Å². The highest BCUT2D eigenvalue weighted by Gasteiger charge is 2.09. The van der Waals surface area contributed by atoms with Crippen LogP contribution in [0.25, 0.3) is 0 Å². The number of aliphatic hydroxyl groups excluding tert-OH is 1. The maximum absolute atomic E-state index is 11.7. The lowest BCUT2D eigenvalue weighted by Crippen LogP contribution is -2.29. The molecule has 0 radical (unpaired) electrons. The van der Waals surface area contributed by atoms with Gasteiger partial charge in [-0.25, -0.2) is 0 Å². The van der Waals surface area contributed by atoms with Crippen LogP contribution in [0.5, 0.6) is 5.75 Å². The number of halogens is 1. The second kappa shape index (κ2) is 8.41. The number of nitrogens with one attached hydrogen (secondary N) is 1.